The number of sulfone groups is 1. The van der Waals surface area contributed by atoms with Crippen LogP contribution >= 0.6 is 0 Å². The van der Waals surface area contributed by atoms with E-state index in [4.69, 9.17) is 9.47 Å². The summed E-state index contributed by atoms with van der Waals surface area (Å²) in [7, 11) is -1.68. The first-order chi connectivity index (χ1) is 14.5. The number of likely N-dealkylation sites (tertiary alicyclic amines) is 1. The van der Waals surface area contributed by atoms with Crippen LogP contribution in [0.1, 0.15) is 45.2 Å². The molecule has 0 unspecified atom stereocenters. The van der Waals surface area contributed by atoms with Gasteiger partial charge in [0.05, 0.1) is 24.8 Å². The topological polar surface area (TPSA) is 73.7 Å². The van der Waals surface area contributed by atoms with Crippen LogP contribution in [0.2, 0.25) is 0 Å². The molecule has 0 atom stereocenters. The summed E-state index contributed by atoms with van der Waals surface area (Å²) < 4.78 is 38.3. The first kappa shape index (κ1) is 22.6. The van der Waals surface area contributed by atoms with Gasteiger partial charge >= 0.3 is 0 Å². The summed E-state index contributed by atoms with van der Waals surface area (Å²) in [6.45, 7) is 6.96. The molecule has 0 bridgehead atoms. The van der Waals surface area contributed by atoms with E-state index in [-0.39, 0.29) is 17.0 Å². The molecule has 0 saturated carbocycles. The quantitative estimate of drug-likeness (QED) is 0.568. The molecule has 1 aromatic heterocycles. The first-order valence-corrected chi connectivity index (χ1v) is 12.4. The Hall–Kier alpha value is -2.06. The summed E-state index contributed by atoms with van der Waals surface area (Å²) in [4.78, 5) is 6.63. The number of para-hydroxylation sites is 2. The van der Waals surface area contributed by atoms with Crippen molar-refractivity contribution in [2.45, 2.75) is 63.9 Å². The van der Waals surface area contributed by atoms with Crippen molar-refractivity contribution in [1.29, 1.82) is 0 Å². The number of hydrogen-bond donors (Lipinski definition) is 0. The van der Waals surface area contributed by atoms with Crippen LogP contribution in [0.15, 0.2) is 35.6 Å². The summed E-state index contributed by atoms with van der Waals surface area (Å²) in [6.07, 6.45) is 5.66. The molecule has 0 aliphatic carbocycles. The van der Waals surface area contributed by atoms with E-state index in [0.29, 0.717) is 13.1 Å². The standard InChI is InChI=1S/C22H33N3O4S/c1-4-6-13-25-18(16-23-22(25)30(26,27)5-2)17-24-14-11-19(12-15-24)29-21-10-8-7-9-20(21)28-3/h7-10,16,19H,4-6,11-15,17H2,1-3H3. The van der Waals surface area contributed by atoms with Gasteiger partial charge in [-0.1, -0.05) is 32.4 Å². The number of piperidine rings is 1. The first-order valence-electron chi connectivity index (χ1n) is 10.8. The van der Waals surface area contributed by atoms with Crippen LogP contribution in [0.5, 0.6) is 11.5 Å². The zero-order chi connectivity index (χ0) is 21.6. The molecule has 0 spiro atoms. The van der Waals surface area contributed by atoms with Crippen LogP contribution in [-0.2, 0) is 22.9 Å². The number of nitrogens with zero attached hydrogens (tertiary/aromatic N) is 3. The van der Waals surface area contributed by atoms with Crippen molar-refractivity contribution in [3.05, 3.63) is 36.2 Å². The highest BCUT2D eigenvalue weighted by Crippen LogP contribution is 2.29. The van der Waals surface area contributed by atoms with Crippen molar-refractivity contribution in [2.75, 3.05) is 26.0 Å². The Labute approximate surface area is 179 Å². The highest BCUT2D eigenvalue weighted by molar-refractivity contribution is 7.91. The van der Waals surface area contributed by atoms with Gasteiger partial charge in [-0.3, -0.25) is 4.90 Å². The van der Waals surface area contributed by atoms with Gasteiger partial charge in [0.25, 0.3) is 0 Å². The molecule has 1 fully saturated rings. The van der Waals surface area contributed by atoms with E-state index in [0.717, 1.165) is 56.0 Å². The van der Waals surface area contributed by atoms with E-state index in [1.54, 1.807) is 20.2 Å². The molecule has 3 rings (SSSR count). The second-order valence-corrected chi connectivity index (χ2v) is 9.86. The number of methoxy groups -OCH3 is 1. The highest BCUT2D eigenvalue weighted by atomic mass is 32.2. The van der Waals surface area contributed by atoms with Gasteiger partial charge < -0.3 is 14.0 Å². The van der Waals surface area contributed by atoms with Crippen molar-refractivity contribution in [3.8, 4) is 11.5 Å². The maximum Gasteiger partial charge on any atom is 0.227 e. The SMILES string of the molecule is CCCCn1c(CN2CCC(Oc3ccccc3OC)CC2)cnc1S(=O)(=O)CC. The van der Waals surface area contributed by atoms with Crippen LogP contribution in [0.4, 0.5) is 0 Å². The lowest BCUT2D eigenvalue weighted by Gasteiger charge is -2.32. The van der Waals surface area contributed by atoms with Gasteiger partial charge in [-0.25, -0.2) is 13.4 Å². The minimum absolute atomic E-state index is 0.0707. The molecule has 1 aliphatic rings. The fraction of sp³-hybridized carbons (Fsp3) is 0.591. The number of hydrogen-bond acceptors (Lipinski definition) is 6. The van der Waals surface area contributed by atoms with Gasteiger partial charge in [-0.05, 0) is 31.4 Å². The largest absolute Gasteiger partial charge is 0.493 e. The Morgan fingerprint density at radius 1 is 1.13 bits per heavy atom. The van der Waals surface area contributed by atoms with Crippen molar-refractivity contribution in [2.24, 2.45) is 0 Å². The molecular weight excluding hydrogens is 402 g/mol. The van der Waals surface area contributed by atoms with Crippen LogP contribution < -0.4 is 9.47 Å². The highest BCUT2D eigenvalue weighted by Gasteiger charge is 2.25. The van der Waals surface area contributed by atoms with Gasteiger partial charge in [-0.15, -0.1) is 0 Å². The number of rotatable bonds is 10. The molecule has 7 nitrogen and oxygen atoms in total. The average Bonchev–Trinajstić information content (AvgIpc) is 3.17. The smallest absolute Gasteiger partial charge is 0.227 e. The fourth-order valence-corrected chi connectivity index (χ4v) is 4.78. The molecule has 2 aromatic rings. The Balaban J connectivity index is 1.63. The molecule has 30 heavy (non-hydrogen) atoms. The fourth-order valence-electron chi connectivity index (χ4n) is 3.76. The van der Waals surface area contributed by atoms with Crippen LogP contribution in [0, 0.1) is 0 Å². The van der Waals surface area contributed by atoms with E-state index >= 15 is 0 Å². The third-order valence-electron chi connectivity index (χ3n) is 5.58. The molecule has 1 aromatic carbocycles. The Kier molecular flexibility index (Phi) is 7.77. The summed E-state index contributed by atoms with van der Waals surface area (Å²) in [6, 6.07) is 7.73. The number of aromatic nitrogens is 2. The second kappa shape index (κ2) is 10.3. The van der Waals surface area contributed by atoms with Crippen LogP contribution in [-0.4, -0.2) is 54.9 Å². The van der Waals surface area contributed by atoms with E-state index in [2.05, 4.69) is 16.8 Å². The number of unbranched alkanes of at least 4 members (excludes halogenated alkanes) is 1. The maximum absolute atomic E-state index is 12.4. The van der Waals surface area contributed by atoms with Gasteiger partial charge in [0.15, 0.2) is 11.5 Å². The predicted molar refractivity (Wildman–Crippen MR) is 117 cm³/mol. The zero-order valence-electron chi connectivity index (χ0n) is 18.2. The van der Waals surface area contributed by atoms with Gasteiger partial charge in [0.2, 0.25) is 15.0 Å². The number of imidazole rings is 1. The summed E-state index contributed by atoms with van der Waals surface area (Å²) in [5, 5.41) is 0.211. The molecule has 0 N–H and O–H groups in total. The van der Waals surface area contributed by atoms with Gasteiger partial charge in [0.1, 0.15) is 6.10 Å². The number of benzene rings is 1. The Morgan fingerprint density at radius 2 is 1.83 bits per heavy atom. The lowest BCUT2D eigenvalue weighted by molar-refractivity contribution is 0.0929. The minimum Gasteiger partial charge on any atom is -0.493 e. The monoisotopic (exact) mass is 435 g/mol. The van der Waals surface area contributed by atoms with Crippen LogP contribution in [0.3, 0.4) is 0 Å². The van der Waals surface area contributed by atoms with E-state index in [1.807, 2.05) is 28.8 Å². The molecule has 1 saturated heterocycles. The lowest BCUT2D eigenvalue weighted by atomic mass is 10.1. The maximum atomic E-state index is 12.4. The van der Waals surface area contributed by atoms with Gasteiger partial charge in [0, 0.05) is 26.2 Å². The Bertz CT molecular complexity index is 918. The molecule has 0 amide bonds. The lowest BCUT2D eigenvalue weighted by Crippen LogP contribution is -2.38. The third-order valence-corrected chi connectivity index (χ3v) is 7.22. The molecule has 0 radical (unpaired) electrons. The third kappa shape index (κ3) is 5.35. The van der Waals surface area contributed by atoms with Gasteiger partial charge in [-0.2, -0.15) is 0 Å². The minimum atomic E-state index is -3.33. The second-order valence-electron chi connectivity index (χ2n) is 7.68. The number of ether oxygens (including phenoxy) is 2. The van der Waals surface area contributed by atoms with E-state index in [1.165, 1.54) is 0 Å². The Morgan fingerprint density at radius 3 is 2.47 bits per heavy atom. The molecule has 2 heterocycles. The van der Waals surface area contributed by atoms with Crippen molar-refractivity contribution in [1.82, 2.24) is 14.5 Å². The van der Waals surface area contributed by atoms with Crippen molar-refractivity contribution in [3.63, 3.8) is 0 Å². The normalized spacial score (nSPS) is 16.0. The van der Waals surface area contributed by atoms with Crippen molar-refractivity contribution >= 4 is 9.84 Å². The molecule has 166 valence electrons. The summed E-state index contributed by atoms with van der Waals surface area (Å²) in [5.74, 6) is 1.61. The predicted octanol–water partition coefficient (Wildman–Crippen LogP) is 3.53. The van der Waals surface area contributed by atoms with E-state index in [9.17, 15) is 8.42 Å². The molecule has 1 aliphatic heterocycles. The zero-order valence-corrected chi connectivity index (χ0v) is 19.0. The van der Waals surface area contributed by atoms with Crippen molar-refractivity contribution < 1.29 is 17.9 Å². The summed E-state index contributed by atoms with van der Waals surface area (Å²) in [5.41, 5.74) is 0.972. The molecule has 8 heteroatoms. The van der Waals surface area contributed by atoms with E-state index < -0.39 is 9.84 Å². The molecular formula is C22H33N3O4S. The summed E-state index contributed by atoms with van der Waals surface area (Å²) >= 11 is 0. The average molecular weight is 436 g/mol. The van der Waals surface area contributed by atoms with Crippen LogP contribution in [0.25, 0.3) is 0 Å².